The minimum Gasteiger partial charge on any atom is -0.382 e. The van der Waals surface area contributed by atoms with E-state index >= 15 is 0 Å². The Kier molecular flexibility index (Phi) is 8.40. The van der Waals surface area contributed by atoms with Crippen molar-refractivity contribution in [3.63, 3.8) is 0 Å². The number of hydrogen-bond donors (Lipinski definition) is 0. The second kappa shape index (κ2) is 9.82. The van der Waals surface area contributed by atoms with E-state index in [0.29, 0.717) is 26.6 Å². The molecule has 0 atom stereocenters. The molecule has 3 heteroatoms. The molecule has 1 saturated carbocycles. The molecule has 0 heterocycles. The molecule has 3 nitrogen and oxygen atoms in total. The van der Waals surface area contributed by atoms with E-state index in [1.165, 1.54) is 32.1 Å². The first-order valence-corrected chi connectivity index (χ1v) is 6.24. The summed E-state index contributed by atoms with van der Waals surface area (Å²) in [6.07, 6.45) is 11.3. The normalized spacial score (nSPS) is 18.3. The minimum atomic E-state index is 0.359. The highest BCUT2D eigenvalue weighted by Crippen LogP contribution is 2.24. The van der Waals surface area contributed by atoms with Gasteiger partial charge in [0.2, 0.25) is 0 Å². The average molecular weight is 228 g/mol. The van der Waals surface area contributed by atoms with Gasteiger partial charge in [-0.1, -0.05) is 31.4 Å². The topological polar surface area (TPSA) is 27.7 Å². The van der Waals surface area contributed by atoms with E-state index in [1.807, 2.05) is 0 Å². The van der Waals surface area contributed by atoms with Crippen LogP contribution in [0.2, 0.25) is 0 Å². The van der Waals surface area contributed by atoms with Crippen LogP contribution in [0.4, 0.5) is 0 Å². The summed E-state index contributed by atoms with van der Waals surface area (Å²) in [7, 11) is 1.66. The van der Waals surface area contributed by atoms with Gasteiger partial charge >= 0.3 is 0 Å². The van der Waals surface area contributed by atoms with Crippen molar-refractivity contribution in [2.24, 2.45) is 5.92 Å². The largest absolute Gasteiger partial charge is 0.382 e. The van der Waals surface area contributed by atoms with Gasteiger partial charge in [0.05, 0.1) is 19.8 Å². The molecular formula is C13H24O3. The molecule has 0 aromatic heterocycles. The highest BCUT2D eigenvalue weighted by molar-refractivity contribution is 4.89. The van der Waals surface area contributed by atoms with Gasteiger partial charge < -0.3 is 14.2 Å². The smallest absolute Gasteiger partial charge is 0.147 e. The van der Waals surface area contributed by atoms with Gasteiger partial charge in [0.15, 0.2) is 0 Å². The van der Waals surface area contributed by atoms with Crippen molar-refractivity contribution in [2.45, 2.75) is 32.1 Å². The van der Waals surface area contributed by atoms with Gasteiger partial charge in [-0.2, -0.15) is 0 Å². The molecule has 0 spiro atoms. The Morgan fingerprint density at radius 1 is 1.06 bits per heavy atom. The first-order chi connectivity index (χ1) is 7.93. The lowest BCUT2D eigenvalue weighted by atomic mass is 9.89. The summed E-state index contributed by atoms with van der Waals surface area (Å²) in [6, 6.07) is 0. The first kappa shape index (κ1) is 13.7. The Balaban J connectivity index is 1.87. The summed E-state index contributed by atoms with van der Waals surface area (Å²) in [5.74, 6) is 0.784. The molecule has 0 radical (unpaired) electrons. The lowest BCUT2D eigenvalue weighted by Crippen LogP contribution is -2.06. The van der Waals surface area contributed by atoms with Crippen LogP contribution in [-0.2, 0) is 14.2 Å². The fourth-order valence-corrected chi connectivity index (χ4v) is 1.95. The Morgan fingerprint density at radius 3 is 2.62 bits per heavy atom. The van der Waals surface area contributed by atoms with Crippen LogP contribution in [0.1, 0.15) is 32.1 Å². The third kappa shape index (κ3) is 6.99. The van der Waals surface area contributed by atoms with E-state index in [4.69, 9.17) is 14.2 Å². The van der Waals surface area contributed by atoms with E-state index in [0.717, 1.165) is 5.92 Å². The molecule has 94 valence electrons. The second-order valence-electron chi connectivity index (χ2n) is 4.22. The average Bonchev–Trinajstić information content (AvgIpc) is 2.34. The zero-order chi connectivity index (χ0) is 11.5. The first-order valence-electron chi connectivity index (χ1n) is 6.24. The molecule has 0 saturated heterocycles. The minimum absolute atomic E-state index is 0.359. The van der Waals surface area contributed by atoms with Crippen molar-refractivity contribution in [1.29, 1.82) is 0 Å². The van der Waals surface area contributed by atoms with Gasteiger partial charge in [-0.25, -0.2) is 0 Å². The van der Waals surface area contributed by atoms with Crippen molar-refractivity contribution >= 4 is 0 Å². The highest BCUT2D eigenvalue weighted by atomic mass is 16.7. The highest BCUT2D eigenvalue weighted by Gasteiger charge is 2.09. The van der Waals surface area contributed by atoms with E-state index in [-0.39, 0.29) is 0 Å². The molecule has 0 amide bonds. The monoisotopic (exact) mass is 228 g/mol. The third-order valence-corrected chi connectivity index (χ3v) is 2.87. The van der Waals surface area contributed by atoms with Gasteiger partial charge in [-0.15, -0.1) is 0 Å². The van der Waals surface area contributed by atoms with Crippen molar-refractivity contribution in [2.75, 3.05) is 33.7 Å². The second-order valence-corrected chi connectivity index (χ2v) is 4.22. The van der Waals surface area contributed by atoms with Gasteiger partial charge in [0.25, 0.3) is 0 Å². The summed E-state index contributed by atoms with van der Waals surface area (Å²) in [4.78, 5) is 0. The van der Waals surface area contributed by atoms with Crippen LogP contribution in [0.25, 0.3) is 0 Å². The Hall–Kier alpha value is -0.380. The fourth-order valence-electron chi connectivity index (χ4n) is 1.95. The van der Waals surface area contributed by atoms with Gasteiger partial charge in [0, 0.05) is 7.11 Å². The number of ether oxygens (including phenoxy) is 3. The summed E-state index contributed by atoms with van der Waals surface area (Å²) < 4.78 is 15.3. The lowest BCUT2D eigenvalue weighted by molar-refractivity contribution is -0.0572. The molecule has 0 aromatic carbocycles. The fraction of sp³-hybridized carbons (Fsp3) is 0.846. The predicted octanol–water partition coefficient (Wildman–Crippen LogP) is 2.76. The zero-order valence-electron chi connectivity index (χ0n) is 10.3. The van der Waals surface area contributed by atoms with Crippen LogP contribution >= 0.6 is 0 Å². The maximum atomic E-state index is 5.31. The van der Waals surface area contributed by atoms with Crippen molar-refractivity contribution in [1.82, 2.24) is 0 Å². The molecule has 0 bridgehead atoms. The predicted molar refractivity (Wildman–Crippen MR) is 64.4 cm³/mol. The summed E-state index contributed by atoms with van der Waals surface area (Å²) in [5.41, 5.74) is 0. The number of hydrogen-bond acceptors (Lipinski definition) is 3. The van der Waals surface area contributed by atoms with E-state index in [9.17, 15) is 0 Å². The molecule has 0 aromatic rings. The van der Waals surface area contributed by atoms with Crippen LogP contribution in [-0.4, -0.2) is 33.7 Å². The van der Waals surface area contributed by atoms with Crippen molar-refractivity contribution in [3.8, 4) is 0 Å². The molecule has 1 fully saturated rings. The lowest BCUT2D eigenvalue weighted by Gasteiger charge is -2.17. The van der Waals surface area contributed by atoms with Gasteiger partial charge in [0.1, 0.15) is 6.79 Å². The maximum absolute atomic E-state index is 5.31. The Morgan fingerprint density at radius 2 is 1.88 bits per heavy atom. The molecule has 1 aliphatic rings. The third-order valence-electron chi connectivity index (χ3n) is 2.87. The van der Waals surface area contributed by atoms with E-state index in [2.05, 4.69) is 12.2 Å². The SMILES string of the molecule is COCCOCOCC=CC1CCCCC1. The van der Waals surface area contributed by atoms with E-state index in [1.54, 1.807) is 7.11 Å². The van der Waals surface area contributed by atoms with Crippen molar-refractivity contribution in [3.05, 3.63) is 12.2 Å². The molecule has 16 heavy (non-hydrogen) atoms. The molecule has 1 rings (SSSR count). The number of rotatable bonds is 8. The summed E-state index contributed by atoms with van der Waals surface area (Å²) in [5, 5.41) is 0. The van der Waals surface area contributed by atoms with Crippen LogP contribution in [0.15, 0.2) is 12.2 Å². The molecule has 0 aliphatic heterocycles. The van der Waals surface area contributed by atoms with Crippen molar-refractivity contribution < 1.29 is 14.2 Å². The molecule has 0 unspecified atom stereocenters. The number of methoxy groups -OCH3 is 1. The maximum Gasteiger partial charge on any atom is 0.147 e. The standard InChI is InChI=1S/C13H24O3/c1-14-10-11-16-12-15-9-5-8-13-6-3-2-4-7-13/h5,8,13H,2-4,6-7,9-12H2,1H3. The van der Waals surface area contributed by atoms with E-state index < -0.39 is 0 Å². The van der Waals surface area contributed by atoms with Crippen LogP contribution in [0, 0.1) is 5.92 Å². The van der Waals surface area contributed by atoms with Crippen LogP contribution < -0.4 is 0 Å². The molecule has 0 N–H and O–H groups in total. The van der Waals surface area contributed by atoms with Gasteiger partial charge in [-0.3, -0.25) is 0 Å². The zero-order valence-corrected chi connectivity index (χ0v) is 10.3. The van der Waals surface area contributed by atoms with Crippen LogP contribution in [0.5, 0.6) is 0 Å². The molecular weight excluding hydrogens is 204 g/mol. The quantitative estimate of drug-likeness (QED) is 0.363. The Labute approximate surface area is 98.8 Å². The summed E-state index contributed by atoms with van der Waals surface area (Å²) >= 11 is 0. The summed E-state index contributed by atoms with van der Waals surface area (Å²) in [6.45, 7) is 2.24. The van der Waals surface area contributed by atoms with Gasteiger partial charge in [-0.05, 0) is 18.8 Å². The van der Waals surface area contributed by atoms with Crippen LogP contribution in [0.3, 0.4) is 0 Å². The Bertz CT molecular complexity index is 174. The molecule has 1 aliphatic carbocycles. The number of allylic oxidation sites excluding steroid dienone is 1.